The van der Waals surface area contributed by atoms with Crippen molar-refractivity contribution in [3.8, 4) is 11.1 Å². The van der Waals surface area contributed by atoms with E-state index in [9.17, 15) is 23.1 Å². The SMILES string of the molecule is O=C(NCCc1cnc[nH]1)Nc1cccc(-c2ccc(C[C@@H](NS(=O)(=O)[C@@]3(Cl)C=CC=CC3)C(=O)O)cc2)c1. The van der Waals surface area contributed by atoms with Crippen LogP contribution in [0.5, 0.6) is 0 Å². The number of carbonyl (C=O) groups is 2. The third-order valence-electron chi connectivity index (χ3n) is 6.11. The van der Waals surface area contributed by atoms with Crippen LogP contribution in [0.4, 0.5) is 10.5 Å². The Hall–Kier alpha value is -3.93. The first-order valence-electron chi connectivity index (χ1n) is 12.1. The van der Waals surface area contributed by atoms with Crippen molar-refractivity contribution < 1.29 is 23.1 Å². The summed E-state index contributed by atoms with van der Waals surface area (Å²) in [6.45, 7) is 0.447. The molecule has 0 radical (unpaired) electrons. The van der Waals surface area contributed by atoms with Gasteiger partial charge in [-0.1, -0.05) is 66.2 Å². The van der Waals surface area contributed by atoms with Gasteiger partial charge in [-0.15, -0.1) is 0 Å². The maximum absolute atomic E-state index is 12.8. The van der Waals surface area contributed by atoms with Gasteiger partial charge in [-0.2, -0.15) is 4.72 Å². The number of H-pyrrole nitrogens is 1. The van der Waals surface area contributed by atoms with E-state index in [-0.39, 0.29) is 18.9 Å². The van der Waals surface area contributed by atoms with Crippen molar-refractivity contribution in [1.82, 2.24) is 20.0 Å². The van der Waals surface area contributed by atoms with E-state index in [2.05, 4.69) is 25.3 Å². The van der Waals surface area contributed by atoms with Crippen LogP contribution >= 0.6 is 11.6 Å². The average Bonchev–Trinajstić information content (AvgIpc) is 3.43. The number of sulfonamides is 1. The molecule has 204 valence electrons. The number of urea groups is 1. The van der Waals surface area contributed by atoms with E-state index >= 15 is 0 Å². The number of alkyl halides is 1. The molecular formula is C27H28ClN5O5S. The van der Waals surface area contributed by atoms with Crippen LogP contribution in [0.25, 0.3) is 11.1 Å². The maximum atomic E-state index is 12.8. The number of halogens is 1. The zero-order valence-corrected chi connectivity index (χ0v) is 22.4. The van der Waals surface area contributed by atoms with Crippen molar-refractivity contribution >= 4 is 39.3 Å². The number of nitrogens with zero attached hydrogens (tertiary/aromatic N) is 1. The fraction of sp³-hybridized carbons (Fsp3) is 0.222. The second kappa shape index (κ2) is 12.3. The molecule has 5 N–H and O–H groups in total. The van der Waals surface area contributed by atoms with Crippen LogP contribution in [-0.2, 0) is 27.7 Å². The summed E-state index contributed by atoms with van der Waals surface area (Å²) in [5, 5.41) is 15.3. The van der Waals surface area contributed by atoms with Crippen LogP contribution in [0.15, 0.2) is 85.4 Å². The summed E-state index contributed by atoms with van der Waals surface area (Å²) in [6.07, 6.45) is 10.0. The van der Waals surface area contributed by atoms with Crippen molar-refractivity contribution in [3.63, 3.8) is 0 Å². The highest BCUT2D eigenvalue weighted by Crippen LogP contribution is 2.31. The summed E-state index contributed by atoms with van der Waals surface area (Å²) in [5.41, 5.74) is 3.84. The molecule has 12 heteroatoms. The first kappa shape index (κ1) is 28.1. The van der Waals surface area contributed by atoms with Crippen molar-refractivity contribution in [2.24, 2.45) is 0 Å². The Morgan fingerprint density at radius 3 is 2.59 bits per heavy atom. The van der Waals surface area contributed by atoms with E-state index in [0.717, 1.165) is 16.8 Å². The third kappa shape index (κ3) is 7.34. The van der Waals surface area contributed by atoms with Gasteiger partial charge < -0.3 is 20.7 Å². The number of nitrogens with one attached hydrogen (secondary N) is 4. The van der Waals surface area contributed by atoms with Gasteiger partial charge >= 0.3 is 12.0 Å². The number of anilines is 1. The van der Waals surface area contributed by atoms with Gasteiger partial charge in [0.05, 0.1) is 6.33 Å². The van der Waals surface area contributed by atoms with Gasteiger partial charge in [0.15, 0.2) is 4.21 Å². The number of aliphatic carboxylic acids is 1. The van der Waals surface area contributed by atoms with Gasteiger partial charge in [-0.3, -0.25) is 4.79 Å². The number of aromatic nitrogens is 2. The fourth-order valence-corrected chi connectivity index (χ4v) is 5.61. The van der Waals surface area contributed by atoms with E-state index < -0.39 is 26.2 Å². The number of rotatable bonds is 11. The minimum Gasteiger partial charge on any atom is -0.480 e. The number of carbonyl (C=O) groups excluding carboxylic acids is 1. The summed E-state index contributed by atoms with van der Waals surface area (Å²) in [6, 6.07) is 12.7. The smallest absolute Gasteiger partial charge is 0.322 e. The molecule has 0 aliphatic heterocycles. The highest BCUT2D eigenvalue weighted by molar-refractivity contribution is 7.92. The average molecular weight is 570 g/mol. The molecule has 0 saturated heterocycles. The predicted octanol–water partition coefficient (Wildman–Crippen LogP) is 3.81. The minimum atomic E-state index is -4.18. The fourth-order valence-electron chi connectivity index (χ4n) is 3.99. The van der Waals surface area contributed by atoms with Crippen molar-refractivity contribution in [2.75, 3.05) is 11.9 Å². The van der Waals surface area contributed by atoms with Crippen molar-refractivity contribution in [2.45, 2.75) is 29.5 Å². The molecule has 2 amide bonds. The highest BCUT2D eigenvalue weighted by atomic mass is 35.5. The quantitative estimate of drug-likeness (QED) is 0.221. The number of hydrogen-bond donors (Lipinski definition) is 5. The molecule has 39 heavy (non-hydrogen) atoms. The number of carboxylic acid groups (broad SMARTS) is 1. The zero-order chi connectivity index (χ0) is 27.9. The van der Waals surface area contributed by atoms with E-state index in [1.54, 1.807) is 42.9 Å². The van der Waals surface area contributed by atoms with Crippen LogP contribution in [0.3, 0.4) is 0 Å². The Morgan fingerprint density at radius 1 is 1.13 bits per heavy atom. The lowest BCUT2D eigenvalue weighted by Gasteiger charge is -2.26. The Balaban J connectivity index is 1.37. The molecular weight excluding hydrogens is 542 g/mol. The van der Waals surface area contributed by atoms with Crippen molar-refractivity contribution in [1.29, 1.82) is 0 Å². The number of imidazole rings is 1. The first-order valence-corrected chi connectivity index (χ1v) is 14.0. The number of benzene rings is 2. The second-order valence-corrected chi connectivity index (χ2v) is 11.8. The van der Waals surface area contributed by atoms with Gasteiger partial charge in [-0.25, -0.2) is 18.2 Å². The summed E-state index contributed by atoms with van der Waals surface area (Å²) >= 11 is 6.28. The molecule has 0 saturated carbocycles. The van der Waals surface area contributed by atoms with E-state index in [1.165, 1.54) is 12.2 Å². The number of amides is 2. The zero-order valence-electron chi connectivity index (χ0n) is 20.8. The number of allylic oxidation sites excluding steroid dienone is 3. The normalized spacial score (nSPS) is 17.5. The van der Waals surface area contributed by atoms with Crippen LogP contribution in [0.1, 0.15) is 17.7 Å². The topological polar surface area (TPSA) is 153 Å². The van der Waals surface area contributed by atoms with Gasteiger partial charge in [0.2, 0.25) is 10.0 Å². The standard InChI is InChI=1S/C27H28ClN5O5S/c28-27(12-2-1-3-13-27)39(37,38)33-24(25(34)35)15-19-7-9-20(10-8-19)21-5-4-6-22(16-21)32-26(36)30-14-11-23-17-29-18-31-23/h1-10,12,16-18,24,33H,11,13-15H2,(H,29,31)(H,34,35)(H2,30,32,36)/t24-,27+/m1/s1. The third-order valence-corrected chi connectivity index (χ3v) is 8.79. The predicted molar refractivity (Wildman–Crippen MR) is 150 cm³/mol. The molecule has 3 aromatic rings. The van der Waals surface area contributed by atoms with Crippen LogP contribution < -0.4 is 15.4 Å². The first-order chi connectivity index (χ1) is 18.6. The molecule has 4 rings (SSSR count). The lowest BCUT2D eigenvalue weighted by molar-refractivity contribution is -0.138. The van der Waals surface area contributed by atoms with Crippen LogP contribution in [0, 0.1) is 0 Å². The van der Waals surface area contributed by atoms with Gasteiger partial charge in [0.1, 0.15) is 6.04 Å². The minimum absolute atomic E-state index is 0.0299. The molecule has 1 aromatic heterocycles. The monoisotopic (exact) mass is 569 g/mol. The van der Waals surface area contributed by atoms with Gasteiger partial charge in [-0.05, 0) is 41.3 Å². The lowest BCUT2D eigenvalue weighted by atomic mass is 10.0. The summed E-state index contributed by atoms with van der Waals surface area (Å²) in [7, 11) is -4.18. The Kier molecular flexibility index (Phi) is 8.85. The molecule has 1 heterocycles. The molecule has 1 aliphatic rings. The molecule has 2 aromatic carbocycles. The second-order valence-electron chi connectivity index (χ2n) is 8.98. The molecule has 2 atom stereocenters. The largest absolute Gasteiger partial charge is 0.480 e. The van der Waals surface area contributed by atoms with Crippen LogP contribution in [-0.4, -0.2) is 52.3 Å². The number of carboxylic acids is 1. The van der Waals surface area contributed by atoms with E-state index in [0.29, 0.717) is 24.2 Å². The molecule has 1 aliphatic carbocycles. The molecule has 0 fully saturated rings. The molecule has 10 nitrogen and oxygen atoms in total. The van der Waals surface area contributed by atoms with E-state index in [1.807, 2.05) is 30.3 Å². The number of hydrogen-bond acceptors (Lipinski definition) is 5. The molecule has 0 bridgehead atoms. The Morgan fingerprint density at radius 2 is 1.92 bits per heavy atom. The summed E-state index contributed by atoms with van der Waals surface area (Å²) in [4.78, 5) is 31.0. The number of aromatic amines is 1. The summed E-state index contributed by atoms with van der Waals surface area (Å²) < 4.78 is 26.2. The molecule has 0 spiro atoms. The van der Waals surface area contributed by atoms with Crippen LogP contribution in [0.2, 0.25) is 0 Å². The highest BCUT2D eigenvalue weighted by Gasteiger charge is 2.41. The van der Waals surface area contributed by atoms with Gasteiger partial charge in [0, 0.05) is 37.0 Å². The lowest BCUT2D eigenvalue weighted by Crippen LogP contribution is -2.49. The summed E-state index contributed by atoms with van der Waals surface area (Å²) in [5.74, 6) is -1.31. The van der Waals surface area contributed by atoms with Gasteiger partial charge in [0.25, 0.3) is 0 Å². The van der Waals surface area contributed by atoms with Crippen molar-refractivity contribution in [3.05, 3.63) is 96.6 Å². The maximum Gasteiger partial charge on any atom is 0.322 e. The Bertz CT molecular complexity index is 1470. The molecule has 0 unspecified atom stereocenters. The van der Waals surface area contributed by atoms with E-state index in [4.69, 9.17) is 11.6 Å². The Labute approximate surface area is 231 Å².